The van der Waals surface area contributed by atoms with Crippen LogP contribution in [0.25, 0.3) is 0 Å². The summed E-state index contributed by atoms with van der Waals surface area (Å²) < 4.78 is 26.5. The van der Waals surface area contributed by atoms with E-state index in [1.54, 1.807) is 0 Å². The van der Waals surface area contributed by atoms with Gasteiger partial charge in [0.15, 0.2) is 0 Å². The molecule has 5 heteroatoms. The Kier molecular flexibility index (Phi) is 3.87. The second-order valence-electron chi connectivity index (χ2n) is 5.27. The normalized spacial score (nSPS) is 28.2. The summed E-state index contributed by atoms with van der Waals surface area (Å²) in [4.78, 5) is 0. The van der Waals surface area contributed by atoms with Gasteiger partial charge in [0.1, 0.15) is 0 Å². The Morgan fingerprint density at radius 2 is 2.12 bits per heavy atom. The zero-order valence-electron chi connectivity index (χ0n) is 9.91. The maximum Gasteiger partial charge on any atom is 0.213 e. The van der Waals surface area contributed by atoms with Crippen LogP contribution in [-0.2, 0) is 10.0 Å². The van der Waals surface area contributed by atoms with Crippen molar-refractivity contribution in [3.05, 3.63) is 0 Å². The molecular formula is C11H22N2O2S. The van der Waals surface area contributed by atoms with Gasteiger partial charge < -0.3 is 5.32 Å². The lowest BCUT2D eigenvalue weighted by atomic mass is 10.2. The molecule has 0 aromatic heterocycles. The molecular weight excluding hydrogens is 224 g/mol. The lowest BCUT2D eigenvalue weighted by molar-refractivity contribution is 0.521. The van der Waals surface area contributed by atoms with Crippen LogP contribution in [0.1, 0.15) is 39.0 Å². The molecule has 94 valence electrons. The van der Waals surface area contributed by atoms with Crippen LogP contribution in [-0.4, -0.2) is 32.8 Å². The van der Waals surface area contributed by atoms with E-state index in [9.17, 15) is 8.42 Å². The summed E-state index contributed by atoms with van der Waals surface area (Å²) in [7, 11) is -3.09. The van der Waals surface area contributed by atoms with Crippen molar-refractivity contribution < 1.29 is 8.42 Å². The highest BCUT2D eigenvalue weighted by atomic mass is 32.2. The quantitative estimate of drug-likeness (QED) is 0.730. The first kappa shape index (κ1) is 12.3. The molecule has 0 radical (unpaired) electrons. The van der Waals surface area contributed by atoms with E-state index in [0.29, 0.717) is 0 Å². The standard InChI is InChI=1S/C11H22N2O2S/c1-9(7-10-4-5-10)13-16(14,15)8-11-3-2-6-12-11/h9-13H,2-8H2,1H3. The largest absolute Gasteiger partial charge is 0.313 e. The molecule has 1 aliphatic carbocycles. The SMILES string of the molecule is CC(CC1CC1)NS(=O)(=O)CC1CCCN1. The van der Waals surface area contributed by atoms with Crippen LogP contribution in [0.2, 0.25) is 0 Å². The number of nitrogens with one attached hydrogen (secondary N) is 2. The van der Waals surface area contributed by atoms with E-state index in [0.717, 1.165) is 31.7 Å². The van der Waals surface area contributed by atoms with E-state index in [1.807, 2.05) is 6.92 Å². The molecule has 1 heterocycles. The van der Waals surface area contributed by atoms with Gasteiger partial charge in [-0.15, -0.1) is 0 Å². The van der Waals surface area contributed by atoms with Gasteiger partial charge in [0.25, 0.3) is 0 Å². The maximum absolute atomic E-state index is 11.8. The summed E-state index contributed by atoms with van der Waals surface area (Å²) in [5, 5.41) is 3.22. The first-order chi connectivity index (χ1) is 7.55. The van der Waals surface area contributed by atoms with E-state index >= 15 is 0 Å². The zero-order chi connectivity index (χ0) is 11.6. The molecule has 0 bridgehead atoms. The Balaban J connectivity index is 1.76. The average molecular weight is 246 g/mol. The van der Waals surface area contributed by atoms with E-state index < -0.39 is 10.0 Å². The maximum atomic E-state index is 11.8. The fraction of sp³-hybridized carbons (Fsp3) is 1.00. The molecule has 4 nitrogen and oxygen atoms in total. The Hall–Kier alpha value is -0.130. The summed E-state index contributed by atoms with van der Waals surface area (Å²) in [6.45, 7) is 2.93. The Morgan fingerprint density at radius 3 is 2.69 bits per heavy atom. The third-order valence-electron chi connectivity index (χ3n) is 3.35. The van der Waals surface area contributed by atoms with Gasteiger partial charge in [0.05, 0.1) is 5.75 Å². The summed E-state index contributed by atoms with van der Waals surface area (Å²) in [6, 6.07) is 0.254. The fourth-order valence-corrected chi connectivity index (χ4v) is 4.04. The topological polar surface area (TPSA) is 58.2 Å². The summed E-state index contributed by atoms with van der Waals surface area (Å²) in [5.74, 6) is 1.00. The van der Waals surface area contributed by atoms with E-state index in [-0.39, 0.29) is 17.8 Å². The Bertz CT molecular complexity index is 319. The lowest BCUT2D eigenvalue weighted by Crippen LogP contribution is -2.40. The van der Waals surface area contributed by atoms with Gasteiger partial charge >= 0.3 is 0 Å². The van der Waals surface area contributed by atoms with Gasteiger partial charge in [-0.2, -0.15) is 0 Å². The molecule has 16 heavy (non-hydrogen) atoms. The van der Waals surface area contributed by atoms with Crippen LogP contribution in [0, 0.1) is 5.92 Å². The molecule has 2 N–H and O–H groups in total. The van der Waals surface area contributed by atoms with Crippen molar-refractivity contribution in [1.82, 2.24) is 10.0 Å². The van der Waals surface area contributed by atoms with Crippen molar-refractivity contribution in [2.75, 3.05) is 12.3 Å². The van der Waals surface area contributed by atoms with Crippen LogP contribution in [0.15, 0.2) is 0 Å². The highest BCUT2D eigenvalue weighted by Gasteiger charge is 2.27. The number of rotatable bonds is 6. The lowest BCUT2D eigenvalue weighted by Gasteiger charge is -2.16. The minimum absolute atomic E-state index is 0.0962. The van der Waals surface area contributed by atoms with Crippen LogP contribution in [0.4, 0.5) is 0 Å². The van der Waals surface area contributed by atoms with Gasteiger partial charge in [-0.1, -0.05) is 12.8 Å². The number of sulfonamides is 1. The highest BCUT2D eigenvalue weighted by Crippen LogP contribution is 2.33. The van der Waals surface area contributed by atoms with Crippen LogP contribution in [0.5, 0.6) is 0 Å². The first-order valence-corrected chi connectivity index (χ1v) is 7.94. The fourth-order valence-electron chi connectivity index (χ4n) is 2.42. The predicted molar refractivity (Wildman–Crippen MR) is 64.8 cm³/mol. The predicted octanol–water partition coefficient (Wildman–Crippen LogP) is 0.846. The smallest absolute Gasteiger partial charge is 0.213 e. The van der Waals surface area contributed by atoms with E-state index in [2.05, 4.69) is 10.0 Å². The van der Waals surface area contributed by atoms with Gasteiger partial charge in [-0.25, -0.2) is 13.1 Å². The highest BCUT2D eigenvalue weighted by molar-refractivity contribution is 7.89. The van der Waals surface area contributed by atoms with Gasteiger partial charge in [0, 0.05) is 12.1 Å². The molecule has 2 aliphatic rings. The molecule has 1 aliphatic heterocycles. The minimum Gasteiger partial charge on any atom is -0.313 e. The molecule has 1 saturated heterocycles. The molecule has 0 aromatic carbocycles. The van der Waals surface area contributed by atoms with Crippen molar-refractivity contribution in [2.24, 2.45) is 5.92 Å². The zero-order valence-corrected chi connectivity index (χ0v) is 10.7. The molecule has 2 unspecified atom stereocenters. The van der Waals surface area contributed by atoms with Crippen molar-refractivity contribution in [2.45, 2.75) is 51.1 Å². The molecule has 1 saturated carbocycles. The van der Waals surface area contributed by atoms with Crippen molar-refractivity contribution in [3.63, 3.8) is 0 Å². The third-order valence-corrected chi connectivity index (χ3v) is 4.95. The number of hydrogen-bond donors (Lipinski definition) is 2. The Labute approximate surface area is 98.2 Å². The van der Waals surface area contributed by atoms with Gasteiger partial charge in [-0.05, 0) is 38.6 Å². The molecule has 0 amide bonds. The van der Waals surface area contributed by atoms with Crippen molar-refractivity contribution in [1.29, 1.82) is 0 Å². The average Bonchev–Trinajstić information content (AvgIpc) is 2.80. The second kappa shape index (κ2) is 5.02. The second-order valence-corrected chi connectivity index (χ2v) is 7.07. The minimum atomic E-state index is -3.09. The van der Waals surface area contributed by atoms with Crippen LogP contribution >= 0.6 is 0 Å². The van der Waals surface area contributed by atoms with Crippen molar-refractivity contribution >= 4 is 10.0 Å². The van der Waals surface area contributed by atoms with Gasteiger partial charge in [-0.3, -0.25) is 0 Å². The monoisotopic (exact) mass is 246 g/mol. The van der Waals surface area contributed by atoms with E-state index in [1.165, 1.54) is 12.8 Å². The molecule has 0 spiro atoms. The van der Waals surface area contributed by atoms with Crippen LogP contribution in [0.3, 0.4) is 0 Å². The van der Waals surface area contributed by atoms with Crippen LogP contribution < -0.4 is 10.0 Å². The first-order valence-electron chi connectivity index (χ1n) is 6.28. The summed E-state index contributed by atoms with van der Waals surface area (Å²) in [6.07, 6.45) is 5.62. The third kappa shape index (κ3) is 4.03. The molecule has 0 aromatic rings. The summed E-state index contributed by atoms with van der Waals surface area (Å²) >= 11 is 0. The molecule has 2 atom stereocenters. The molecule has 2 fully saturated rings. The Morgan fingerprint density at radius 1 is 1.38 bits per heavy atom. The van der Waals surface area contributed by atoms with Crippen molar-refractivity contribution in [3.8, 4) is 0 Å². The number of hydrogen-bond acceptors (Lipinski definition) is 3. The summed E-state index contributed by atoms with van der Waals surface area (Å²) in [5.41, 5.74) is 0. The van der Waals surface area contributed by atoms with Gasteiger partial charge in [0.2, 0.25) is 10.0 Å². The molecule has 2 rings (SSSR count). The van der Waals surface area contributed by atoms with E-state index in [4.69, 9.17) is 0 Å².